The number of pyridine rings is 1. The molecule has 1 amide bonds. The molecule has 7 rings (SSSR count). The highest BCUT2D eigenvalue weighted by atomic mass is 32.1. The lowest BCUT2D eigenvalue weighted by atomic mass is 9.70. The van der Waals surface area contributed by atoms with Crippen molar-refractivity contribution < 1.29 is 4.79 Å². The van der Waals surface area contributed by atoms with E-state index in [2.05, 4.69) is 59.9 Å². The van der Waals surface area contributed by atoms with E-state index in [4.69, 9.17) is 5.73 Å². The summed E-state index contributed by atoms with van der Waals surface area (Å²) < 4.78 is 1.87. The summed E-state index contributed by atoms with van der Waals surface area (Å²) in [5.41, 5.74) is 12.7. The van der Waals surface area contributed by atoms with E-state index in [1.807, 2.05) is 15.9 Å². The number of hydrogen-bond acceptors (Lipinski definition) is 5. The Morgan fingerprint density at radius 2 is 2.15 bits per heavy atom. The Hall–Kier alpha value is -2.71. The number of rotatable bonds is 5. The number of aryl methyl sites for hydroxylation is 2. The SMILES string of the molecule is Cc1c([C@H]2C[C@H]3CC[C@@H]2CN3CC(N)=O)sc2[nH]c(-c3cc(C)c4ncnn4c3)c(C(C)C)c12. The highest BCUT2D eigenvalue weighted by Gasteiger charge is 2.42. The van der Waals surface area contributed by atoms with Gasteiger partial charge in [0.15, 0.2) is 5.65 Å². The Balaban J connectivity index is 1.41. The average molecular weight is 477 g/mol. The number of carbonyl (C=O) groups is 1. The van der Waals surface area contributed by atoms with E-state index in [9.17, 15) is 4.79 Å². The Morgan fingerprint density at radius 3 is 2.85 bits per heavy atom. The van der Waals surface area contributed by atoms with Crippen LogP contribution in [-0.2, 0) is 4.79 Å². The second-order valence-corrected chi connectivity index (χ2v) is 11.6. The van der Waals surface area contributed by atoms with Gasteiger partial charge in [-0.25, -0.2) is 9.50 Å². The molecule has 0 spiro atoms. The normalized spacial score (nSPS) is 23.0. The first-order valence-corrected chi connectivity index (χ1v) is 13.1. The van der Waals surface area contributed by atoms with E-state index < -0.39 is 0 Å². The van der Waals surface area contributed by atoms with Crippen LogP contribution in [0.15, 0.2) is 18.6 Å². The second kappa shape index (κ2) is 7.92. The van der Waals surface area contributed by atoms with Crippen molar-refractivity contribution in [3.63, 3.8) is 0 Å². The van der Waals surface area contributed by atoms with E-state index in [-0.39, 0.29) is 5.91 Å². The van der Waals surface area contributed by atoms with Gasteiger partial charge in [0, 0.05) is 34.6 Å². The van der Waals surface area contributed by atoms with Crippen LogP contribution in [0.2, 0.25) is 0 Å². The summed E-state index contributed by atoms with van der Waals surface area (Å²) in [4.78, 5) is 24.8. The number of amides is 1. The van der Waals surface area contributed by atoms with Crippen molar-refractivity contribution in [1.82, 2.24) is 24.5 Å². The molecular weight excluding hydrogens is 444 g/mol. The Bertz CT molecular complexity index is 1410. The van der Waals surface area contributed by atoms with Gasteiger partial charge in [-0.15, -0.1) is 11.3 Å². The maximum Gasteiger partial charge on any atom is 0.231 e. The fourth-order valence-electron chi connectivity index (χ4n) is 6.56. The number of piperidine rings is 2. The Labute approximate surface area is 203 Å². The van der Waals surface area contributed by atoms with Gasteiger partial charge in [-0.2, -0.15) is 5.10 Å². The summed E-state index contributed by atoms with van der Waals surface area (Å²) in [7, 11) is 0. The minimum absolute atomic E-state index is 0.210. The van der Waals surface area contributed by atoms with Crippen LogP contribution in [0, 0.1) is 19.8 Å². The average Bonchev–Trinajstić information content (AvgIpc) is 3.48. The van der Waals surface area contributed by atoms with Gasteiger partial charge in [-0.1, -0.05) is 13.8 Å². The lowest BCUT2D eigenvalue weighted by Gasteiger charge is -2.49. The predicted molar refractivity (Wildman–Crippen MR) is 136 cm³/mol. The van der Waals surface area contributed by atoms with Gasteiger partial charge in [0.2, 0.25) is 5.91 Å². The van der Waals surface area contributed by atoms with Gasteiger partial charge >= 0.3 is 0 Å². The van der Waals surface area contributed by atoms with E-state index >= 15 is 0 Å². The van der Waals surface area contributed by atoms with Crippen molar-refractivity contribution in [2.45, 2.75) is 64.8 Å². The molecule has 7 nitrogen and oxygen atoms in total. The van der Waals surface area contributed by atoms with Gasteiger partial charge in [-0.3, -0.25) is 9.69 Å². The molecule has 2 aliphatic heterocycles. The molecule has 6 heterocycles. The van der Waals surface area contributed by atoms with E-state index in [0.29, 0.717) is 30.3 Å². The summed E-state index contributed by atoms with van der Waals surface area (Å²) in [5, 5.41) is 5.78. The fourth-order valence-corrected chi connectivity index (χ4v) is 8.00. The zero-order chi connectivity index (χ0) is 23.7. The maximum absolute atomic E-state index is 11.5. The third-order valence-electron chi connectivity index (χ3n) is 8.03. The largest absolute Gasteiger partial charge is 0.369 e. The molecule has 2 saturated heterocycles. The second-order valence-electron chi connectivity index (χ2n) is 10.5. The van der Waals surface area contributed by atoms with Crippen LogP contribution in [-0.4, -0.2) is 49.5 Å². The Kier molecular flexibility index (Phi) is 5.08. The summed E-state index contributed by atoms with van der Waals surface area (Å²) >= 11 is 1.94. The lowest BCUT2D eigenvalue weighted by molar-refractivity contribution is -0.121. The quantitative estimate of drug-likeness (QED) is 0.435. The van der Waals surface area contributed by atoms with Gasteiger partial charge < -0.3 is 10.7 Å². The number of fused-ring (bicyclic) bond motifs is 5. The highest BCUT2D eigenvalue weighted by molar-refractivity contribution is 7.19. The molecule has 4 aromatic rings. The zero-order valence-corrected chi connectivity index (χ0v) is 21.1. The summed E-state index contributed by atoms with van der Waals surface area (Å²) in [6.45, 7) is 10.4. The lowest BCUT2D eigenvalue weighted by Crippen LogP contribution is -2.53. The number of hydrogen-bond donors (Lipinski definition) is 2. The summed E-state index contributed by atoms with van der Waals surface area (Å²) in [5.74, 6) is 1.36. The van der Waals surface area contributed by atoms with Crippen molar-refractivity contribution in [2.75, 3.05) is 13.1 Å². The third-order valence-corrected chi connectivity index (χ3v) is 9.37. The number of nitrogens with zero attached hydrogens (tertiary/aromatic N) is 4. The number of thiophene rings is 1. The first-order chi connectivity index (χ1) is 16.3. The monoisotopic (exact) mass is 476 g/mol. The first-order valence-electron chi connectivity index (χ1n) is 12.3. The highest BCUT2D eigenvalue weighted by Crippen LogP contribution is 2.51. The molecule has 2 bridgehead atoms. The number of aromatic amines is 1. The van der Waals surface area contributed by atoms with Crippen LogP contribution in [0.25, 0.3) is 27.1 Å². The Morgan fingerprint density at radius 1 is 1.32 bits per heavy atom. The van der Waals surface area contributed by atoms with E-state index in [1.54, 1.807) is 6.33 Å². The molecule has 4 aromatic heterocycles. The van der Waals surface area contributed by atoms with E-state index in [1.165, 1.54) is 44.8 Å². The number of H-pyrrole nitrogens is 1. The molecule has 3 aliphatic rings. The van der Waals surface area contributed by atoms with Crippen LogP contribution >= 0.6 is 11.3 Å². The minimum atomic E-state index is -0.210. The zero-order valence-electron chi connectivity index (χ0n) is 20.3. The van der Waals surface area contributed by atoms with Gasteiger partial charge in [0.1, 0.15) is 11.2 Å². The van der Waals surface area contributed by atoms with Crippen LogP contribution < -0.4 is 5.73 Å². The van der Waals surface area contributed by atoms with Crippen molar-refractivity contribution in [2.24, 2.45) is 11.7 Å². The molecule has 3 fully saturated rings. The summed E-state index contributed by atoms with van der Waals surface area (Å²) in [6.07, 6.45) is 7.26. The van der Waals surface area contributed by atoms with Gasteiger partial charge in [-0.05, 0) is 73.6 Å². The molecule has 3 N–H and O–H groups in total. The summed E-state index contributed by atoms with van der Waals surface area (Å²) in [6, 6.07) is 2.69. The van der Waals surface area contributed by atoms with Crippen molar-refractivity contribution in [1.29, 1.82) is 0 Å². The van der Waals surface area contributed by atoms with Crippen LogP contribution in [0.5, 0.6) is 0 Å². The molecule has 3 atom stereocenters. The van der Waals surface area contributed by atoms with Crippen LogP contribution in [0.4, 0.5) is 0 Å². The van der Waals surface area contributed by atoms with Crippen molar-refractivity contribution in [3.05, 3.63) is 40.2 Å². The third kappa shape index (κ3) is 3.30. The topological polar surface area (TPSA) is 92.3 Å². The molecular formula is C26H32N6OS. The maximum atomic E-state index is 11.5. The number of primary amides is 1. The van der Waals surface area contributed by atoms with Crippen molar-refractivity contribution >= 4 is 33.1 Å². The number of aromatic nitrogens is 4. The van der Waals surface area contributed by atoms with Crippen molar-refractivity contribution in [3.8, 4) is 11.3 Å². The van der Waals surface area contributed by atoms with Crippen LogP contribution in [0.3, 0.4) is 0 Å². The van der Waals surface area contributed by atoms with Gasteiger partial charge in [0.05, 0.1) is 12.2 Å². The molecule has 1 aliphatic carbocycles. The van der Waals surface area contributed by atoms with Gasteiger partial charge in [0.25, 0.3) is 0 Å². The molecule has 0 radical (unpaired) electrons. The molecule has 34 heavy (non-hydrogen) atoms. The molecule has 178 valence electrons. The number of nitrogens with two attached hydrogens (primary N) is 1. The smallest absolute Gasteiger partial charge is 0.231 e. The predicted octanol–water partition coefficient (Wildman–Crippen LogP) is 4.73. The molecule has 8 heteroatoms. The molecule has 0 aromatic carbocycles. The molecule has 1 saturated carbocycles. The van der Waals surface area contributed by atoms with E-state index in [0.717, 1.165) is 29.7 Å². The van der Waals surface area contributed by atoms with Crippen LogP contribution in [0.1, 0.15) is 66.5 Å². The minimum Gasteiger partial charge on any atom is -0.369 e. The molecule has 0 unspecified atom stereocenters. The first kappa shape index (κ1) is 21.8. The number of nitrogens with one attached hydrogen (secondary N) is 1. The fraction of sp³-hybridized carbons (Fsp3) is 0.500. The standard InChI is InChI=1S/C26H32N6OS/c1-13(2)21-22-15(4)24(19-8-18-6-5-16(19)9-31(18)11-20(27)33)34-26(22)30-23(21)17-7-14(3)25-28-12-29-32(25)10-17/h7,10,12-13,16,18-19,30H,5-6,8-9,11H2,1-4H3,(H2,27,33)/t16-,18-,19+/m1/s1. The number of carbonyl (C=O) groups excluding carboxylic acids is 1.